The molecular formula is C14H13N3O. The summed E-state index contributed by atoms with van der Waals surface area (Å²) in [5, 5.41) is 16.9. The first-order chi connectivity index (χ1) is 8.72. The van der Waals surface area contributed by atoms with E-state index in [1.807, 2.05) is 18.2 Å². The zero-order valence-corrected chi connectivity index (χ0v) is 10.0. The predicted octanol–water partition coefficient (Wildman–Crippen LogP) is 2.57. The van der Waals surface area contributed by atoms with Gasteiger partial charge >= 0.3 is 0 Å². The number of hydrogen-bond donors (Lipinski definition) is 1. The largest absolute Gasteiger partial charge is 0.410 e. The zero-order valence-electron chi connectivity index (χ0n) is 10.0. The first-order valence-corrected chi connectivity index (χ1v) is 5.81. The van der Waals surface area contributed by atoms with Crippen molar-refractivity contribution in [1.82, 2.24) is 15.2 Å². The van der Waals surface area contributed by atoms with Crippen LogP contribution in [0.4, 0.5) is 0 Å². The molecule has 0 saturated carbocycles. The molecule has 0 saturated heterocycles. The monoisotopic (exact) mass is 239 g/mol. The van der Waals surface area contributed by atoms with Crippen LogP contribution in [0.15, 0.2) is 42.5 Å². The minimum Gasteiger partial charge on any atom is -0.410 e. The Balaban J connectivity index is 1.94. The van der Waals surface area contributed by atoms with Crippen LogP contribution in [0.1, 0.15) is 16.7 Å². The first kappa shape index (κ1) is 10.8. The SMILES string of the molecule is Cc1ccc(Cc2ccc3nnn(O)c3c2)cc1. The minimum atomic E-state index is 0.639. The molecule has 0 aliphatic carbocycles. The fraction of sp³-hybridized carbons (Fsp3) is 0.143. The Bertz CT molecular complexity index is 686. The molecule has 0 fully saturated rings. The molecule has 1 aromatic heterocycles. The molecule has 4 heteroatoms. The number of nitrogens with zero attached hydrogens (tertiary/aromatic N) is 3. The second-order valence-corrected chi connectivity index (χ2v) is 4.46. The number of aromatic nitrogens is 3. The third kappa shape index (κ3) is 1.93. The maximum absolute atomic E-state index is 9.48. The third-order valence-corrected chi connectivity index (χ3v) is 3.02. The fourth-order valence-electron chi connectivity index (χ4n) is 2.00. The van der Waals surface area contributed by atoms with Crippen molar-refractivity contribution in [1.29, 1.82) is 0 Å². The van der Waals surface area contributed by atoms with Gasteiger partial charge in [0.25, 0.3) is 0 Å². The summed E-state index contributed by atoms with van der Waals surface area (Å²) in [5.74, 6) is 0. The zero-order chi connectivity index (χ0) is 12.5. The van der Waals surface area contributed by atoms with E-state index in [2.05, 4.69) is 41.5 Å². The third-order valence-electron chi connectivity index (χ3n) is 3.02. The summed E-state index contributed by atoms with van der Waals surface area (Å²) < 4.78 is 0. The summed E-state index contributed by atoms with van der Waals surface area (Å²) in [7, 11) is 0. The first-order valence-electron chi connectivity index (χ1n) is 5.81. The summed E-state index contributed by atoms with van der Waals surface area (Å²) >= 11 is 0. The molecule has 0 atom stereocenters. The summed E-state index contributed by atoms with van der Waals surface area (Å²) in [6.45, 7) is 2.08. The molecule has 0 aliphatic heterocycles. The van der Waals surface area contributed by atoms with E-state index in [-0.39, 0.29) is 0 Å². The maximum atomic E-state index is 9.48. The van der Waals surface area contributed by atoms with Gasteiger partial charge in [0.05, 0.1) is 0 Å². The van der Waals surface area contributed by atoms with E-state index >= 15 is 0 Å². The molecule has 2 aromatic carbocycles. The van der Waals surface area contributed by atoms with Gasteiger partial charge in [-0.2, -0.15) is 0 Å². The van der Waals surface area contributed by atoms with Crippen molar-refractivity contribution >= 4 is 11.0 Å². The molecule has 1 heterocycles. The molecule has 3 aromatic rings. The van der Waals surface area contributed by atoms with Crippen molar-refractivity contribution in [3.8, 4) is 0 Å². The van der Waals surface area contributed by atoms with Crippen molar-refractivity contribution in [2.75, 3.05) is 0 Å². The second-order valence-electron chi connectivity index (χ2n) is 4.46. The van der Waals surface area contributed by atoms with Crippen LogP contribution < -0.4 is 0 Å². The highest BCUT2D eigenvalue weighted by Gasteiger charge is 2.04. The van der Waals surface area contributed by atoms with Gasteiger partial charge in [0.2, 0.25) is 0 Å². The van der Waals surface area contributed by atoms with Crippen molar-refractivity contribution in [2.45, 2.75) is 13.3 Å². The van der Waals surface area contributed by atoms with Crippen LogP contribution in [-0.2, 0) is 6.42 Å². The number of hydrogen-bond acceptors (Lipinski definition) is 3. The van der Waals surface area contributed by atoms with Crippen LogP contribution in [0, 0.1) is 6.92 Å². The lowest BCUT2D eigenvalue weighted by Crippen LogP contribution is -1.93. The van der Waals surface area contributed by atoms with E-state index in [1.165, 1.54) is 11.1 Å². The Hall–Kier alpha value is -2.36. The summed E-state index contributed by atoms with van der Waals surface area (Å²) in [6, 6.07) is 14.2. The molecule has 0 amide bonds. The van der Waals surface area contributed by atoms with Gasteiger partial charge in [0, 0.05) is 0 Å². The highest BCUT2D eigenvalue weighted by Crippen LogP contribution is 2.16. The topological polar surface area (TPSA) is 50.9 Å². The van der Waals surface area contributed by atoms with E-state index in [0.29, 0.717) is 11.0 Å². The van der Waals surface area contributed by atoms with E-state index in [1.54, 1.807) is 0 Å². The number of benzene rings is 2. The van der Waals surface area contributed by atoms with Crippen molar-refractivity contribution in [3.05, 3.63) is 59.2 Å². The second kappa shape index (κ2) is 4.14. The average molecular weight is 239 g/mol. The standard InChI is InChI=1S/C14H13N3O/c1-10-2-4-11(5-3-10)8-12-6-7-13-14(9-12)17(18)16-15-13/h2-7,9,18H,8H2,1H3. The molecule has 0 radical (unpaired) electrons. The highest BCUT2D eigenvalue weighted by molar-refractivity contribution is 5.74. The highest BCUT2D eigenvalue weighted by atomic mass is 16.5. The van der Waals surface area contributed by atoms with Gasteiger partial charge in [0.15, 0.2) is 0 Å². The Morgan fingerprint density at radius 2 is 1.78 bits per heavy atom. The molecule has 0 unspecified atom stereocenters. The molecule has 0 bridgehead atoms. The minimum absolute atomic E-state index is 0.639. The van der Waals surface area contributed by atoms with E-state index in [4.69, 9.17) is 0 Å². The Kier molecular flexibility index (Phi) is 2.48. The van der Waals surface area contributed by atoms with Crippen LogP contribution in [0.5, 0.6) is 0 Å². The number of rotatable bonds is 2. The lowest BCUT2D eigenvalue weighted by Gasteiger charge is -2.02. The molecule has 18 heavy (non-hydrogen) atoms. The lowest BCUT2D eigenvalue weighted by atomic mass is 10.0. The number of aryl methyl sites for hydroxylation is 1. The quantitative estimate of drug-likeness (QED) is 0.699. The molecule has 0 spiro atoms. The summed E-state index contributed by atoms with van der Waals surface area (Å²) in [6.07, 6.45) is 0.835. The maximum Gasteiger partial charge on any atom is 0.130 e. The fourth-order valence-corrected chi connectivity index (χ4v) is 2.00. The van der Waals surface area contributed by atoms with Crippen molar-refractivity contribution < 1.29 is 5.21 Å². The summed E-state index contributed by atoms with van der Waals surface area (Å²) in [4.78, 5) is 0.813. The van der Waals surface area contributed by atoms with Gasteiger partial charge in [-0.1, -0.05) is 40.7 Å². The Morgan fingerprint density at radius 1 is 1.06 bits per heavy atom. The van der Waals surface area contributed by atoms with Gasteiger partial charge in [-0.15, -0.1) is 5.10 Å². The van der Waals surface area contributed by atoms with E-state index in [0.717, 1.165) is 16.8 Å². The Morgan fingerprint density at radius 3 is 2.56 bits per heavy atom. The molecular weight excluding hydrogens is 226 g/mol. The Labute approximate surface area is 104 Å². The van der Waals surface area contributed by atoms with Crippen LogP contribution in [0.3, 0.4) is 0 Å². The van der Waals surface area contributed by atoms with Crippen molar-refractivity contribution in [2.24, 2.45) is 0 Å². The van der Waals surface area contributed by atoms with Gasteiger partial charge in [-0.3, -0.25) is 0 Å². The normalized spacial score (nSPS) is 10.9. The van der Waals surface area contributed by atoms with Gasteiger partial charge in [-0.05, 0) is 41.8 Å². The molecule has 1 N–H and O–H groups in total. The van der Waals surface area contributed by atoms with Crippen LogP contribution in [0.25, 0.3) is 11.0 Å². The molecule has 4 nitrogen and oxygen atoms in total. The van der Waals surface area contributed by atoms with Crippen LogP contribution in [0.2, 0.25) is 0 Å². The van der Waals surface area contributed by atoms with Gasteiger partial charge in [-0.25, -0.2) is 0 Å². The van der Waals surface area contributed by atoms with Crippen molar-refractivity contribution in [3.63, 3.8) is 0 Å². The predicted molar refractivity (Wildman–Crippen MR) is 68.7 cm³/mol. The van der Waals surface area contributed by atoms with Gasteiger partial charge < -0.3 is 5.21 Å². The summed E-state index contributed by atoms with van der Waals surface area (Å²) in [5.41, 5.74) is 4.97. The number of fused-ring (bicyclic) bond motifs is 1. The average Bonchev–Trinajstić information content (AvgIpc) is 2.74. The van der Waals surface area contributed by atoms with E-state index < -0.39 is 0 Å². The van der Waals surface area contributed by atoms with Crippen LogP contribution in [-0.4, -0.2) is 20.4 Å². The molecule has 0 aliphatic rings. The lowest BCUT2D eigenvalue weighted by molar-refractivity contribution is 0.154. The van der Waals surface area contributed by atoms with Crippen LogP contribution >= 0.6 is 0 Å². The smallest absolute Gasteiger partial charge is 0.130 e. The molecule has 3 rings (SSSR count). The molecule has 90 valence electrons. The van der Waals surface area contributed by atoms with Gasteiger partial charge in [0.1, 0.15) is 11.0 Å². The van der Waals surface area contributed by atoms with E-state index in [9.17, 15) is 5.21 Å².